The fourth-order valence-corrected chi connectivity index (χ4v) is 5.60. The van der Waals surface area contributed by atoms with Crippen LogP contribution in [0.2, 0.25) is 0 Å². The molecule has 0 aromatic heterocycles. The molecule has 0 radical (unpaired) electrons. The Bertz CT molecular complexity index is 832. The van der Waals surface area contributed by atoms with Crippen LogP contribution in [0.4, 0.5) is 0 Å². The van der Waals surface area contributed by atoms with Crippen molar-refractivity contribution in [2.24, 2.45) is 5.92 Å². The molecule has 1 rings (SSSR count). The lowest BCUT2D eigenvalue weighted by Crippen LogP contribution is -2.25. The SMILES string of the molecule is CCCCC/C=C\CC1OC1C/C=C\C/C=C\CCCC(=O)OC[C@@H](O)COC(=O)CCCCCCCCCCCCCCC(C)C. The van der Waals surface area contributed by atoms with E-state index in [9.17, 15) is 14.7 Å². The first-order chi connectivity index (χ1) is 22.9. The average molecular weight is 661 g/mol. The Morgan fingerprint density at radius 1 is 0.617 bits per heavy atom. The number of allylic oxidation sites excluding steroid dienone is 4. The van der Waals surface area contributed by atoms with Gasteiger partial charge >= 0.3 is 11.9 Å². The van der Waals surface area contributed by atoms with Crippen LogP contribution in [-0.2, 0) is 23.8 Å². The van der Waals surface area contributed by atoms with Gasteiger partial charge in [-0.1, -0.05) is 147 Å². The first kappa shape index (κ1) is 43.1. The van der Waals surface area contributed by atoms with E-state index in [-0.39, 0.29) is 25.2 Å². The van der Waals surface area contributed by atoms with Gasteiger partial charge in [0.2, 0.25) is 0 Å². The fourth-order valence-electron chi connectivity index (χ4n) is 5.60. The monoisotopic (exact) mass is 661 g/mol. The summed E-state index contributed by atoms with van der Waals surface area (Å²) in [6, 6.07) is 0. The quantitative estimate of drug-likeness (QED) is 0.0326. The highest BCUT2D eigenvalue weighted by molar-refractivity contribution is 5.69. The van der Waals surface area contributed by atoms with Gasteiger partial charge in [-0.2, -0.15) is 0 Å². The van der Waals surface area contributed by atoms with Crippen LogP contribution in [0.1, 0.15) is 175 Å². The number of unbranched alkanes of at least 4 members (excludes halogenated alkanes) is 15. The van der Waals surface area contributed by atoms with Crippen molar-refractivity contribution in [2.45, 2.75) is 193 Å². The molecule has 0 aromatic carbocycles. The van der Waals surface area contributed by atoms with Crippen LogP contribution in [0.15, 0.2) is 36.5 Å². The second-order valence-corrected chi connectivity index (χ2v) is 13.9. The van der Waals surface area contributed by atoms with E-state index >= 15 is 0 Å². The van der Waals surface area contributed by atoms with E-state index in [4.69, 9.17) is 14.2 Å². The van der Waals surface area contributed by atoms with E-state index in [1.54, 1.807) is 0 Å². The molecule has 0 aliphatic carbocycles. The van der Waals surface area contributed by atoms with Crippen LogP contribution >= 0.6 is 0 Å². The van der Waals surface area contributed by atoms with Gasteiger partial charge < -0.3 is 19.3 Å². The summed E-state index contributed by atoms with van der Waals surface area (Å²) in [5.41, 5.74) is 0. The van der Waals surface area contributed by atoms with Crippen LogP contribution < -0.4 is 0 Å². The Morgan fingerprint density at radius 2 is 1.09 bits per heavy atom. The summed E-state index contributed by atoms with van der Waals surface area (Å²) in [5.74, 6) is 0.205. The minimum atomic E-state index is -0.988. The molecule has 6 nitrogen and oxygen atoms in total. The first-order valence-corrected chi connectivity index (χ1v) is 19.5. The molecule has 0 amide bonds. The molecule has 47 heavy (non-hydrogen) atoms. The normalized spacial score (nSPS) is 17.0. The largest absolute Gasteiger partial charge is 0.463 e. The third kappa shape index (κ3) is 29.9. The molecule has 3 atom stereocenters. The van der Waals surface area contributed by atoms with Crippen molar-refractivity contribution >= 4 is 11.9 Å². The molecule has 2 unspecified atom stereocenters. The van der Waals surface area contributed by atoms with E-state index in [1.165, 1.54) is 89.9 Å². The Hall–Kier alpha value is -1.92. The lowest BCUT2D eigenvalue weighted by atomic mass is 10.0. The maximum absolute atomic E-state index is 12.0. The molecule has 0 saturated carbocycles. The van der Waals surface area contributed by atoms with Crippen LogP contribution in [0, 0.1) is 5.92 Å². The summed E-state index contributed by atoms with van der Waals surface area (Å²) < 4.78 is 16.0. The van der Waals surface area contributed by atoms with Crippen LogP contribution in [-0.4, -0.2) is 48.6 Å². The fraction of sp³-hybridized carbons (Fsp3) is 0.805. The summed E-state index contributed by atoms with van der Waals surface area (Å²) in [5, 5.41) is 10.0. The Labute approximate surface area is 289 Å². The van der Waals surface area contributed by atoms with Crippen LogP contribution in [0.25, 0.3) is 0 Å². The van der Waals surface area contributed by atoms with E-state index in [0.717, 1.165) is 50.9 Å². The predicted molar refractivity (Wildman–Crippen MR) is 195 cm³/mol. The molecule has 6 heteroatoms. The van der Waals surface area contributed by atoms with Gasteiger partial charge in [0.15, 0.2) is 0 Å². The molecule has 1 N–H and O–H groups in total. The highest BCUT2D eigenvalue weighted by Crippen LogP contribution is 2.29. The van der Waals surface area contributed by atoms with Gasteiger partial charge in [-0.3, -0.25) is 9.59 Å². The minimum absolute atomic E-state index is 0.135. The van der Waals surface area contributed by atoms with Crippen molar-refractivity contribution in [2.75, 3.05) is 13.2 Å². The Morgan fingerprint density at radius 3 is 1.66 bits per heavy atom. The maximum Gasteiger partial charge on any atom is 0.305 e. The van der Waals surface area contributed by atoms with Crippen molar-refractivity contribution < 1.29 is 28.9 Å². The number of esters is 2. The van der Waals surface area contributed by atoms with Gasteiger partial charge in [0, 0.05) is 12.8 Å². The standard InChI is InChI=1S/C41H72O6/c1-4-5-6-7-20-25-30-38-39(47-38)31-26-21-16-14-18-23-28-33-41(44)46-35-37(42)34-45-40(43)32-27-22-17-13-11-9-8-10-12-15-19-24-29-36(2)3/h14,18,20-21,25-26,36-39,42H,4-13,15-17,19,22-24,27-35H2,1-3H3/b18-14-,25-20-,26-21-/t37-,38?,39?/m0/s1. The molecule has 1 heterocycles. The van der Waals surface area contributed by atoms with Crippen LogP contribution in [0.5, 0.6) is 0 Å². The highest BCUT2D eigenvalue weighted by atomic mass is 16.6. The summed E-state index contributed by atoms with van der Waals surface area (Å²) >= 11 is 0. The zero-order valence-electron chi connectivity index (χ0n) is 30.6. The molecule has 0 spiro atoms. The summed E-state index contributed by atoms with van der Waals surface area (Å²) in [4.78, 5) is 23.9. The molecule has 1 aliphatic heterocycles. The van der Waals surface area contributed by atoms with Crippen molar-refractivity contribution in [3.05, 3.63) is 36.5 Å². The van der Waals surface area contributed by atoms with Gasteiger partial charge in [0.1, 0.15) is 19.3 Å². The number of aliphatic hydroxyl groups is 1. The number of hydrogen-bond acceptors (Lipinski definition) is 6. The van der Waals surface area contributed by atoms with Crippen molar-refractivity contribution in [1.29, 1.82) is 0 Å². The molecule has 1 saturated heterocycles. The van der Waals surface area contributed by atoms with Crippen molar-refractivity contribution in [3.8, 4) is 0 Å². The molecule has 1 fully saturated rings. The second kappa shape index (κ2) is 31.4. The summed E-state index contributed by atoms with van der Waals surface area (Å²) in [7, 11) is 0. The van der Waals surface area contributed by atoms with E-state index in [0.29, 0.717) is 31.5 Å². The zero-order chi connectivity index (χ0) is 34.2. The zero-order valence-corrected chi connectivity index (χ0v) is 30.6. The number of carbonyl (C=O) groups is 2. The third-order valence-corrected chi connectivity index (χ3v) is 8.71. The molecule has 1 aliphatic rings. The number of aliphatic hydroxyl groups excluding tert-OH is 1. The van der Waals surface area contributed by atoms with Gasteiger partial charge in [0.25, 0.3) is 0 Å². The molecular weight excluding hydrogens is 588 g/mol. The number of hydrogen-bond donors (Lipinski definition) is 1. The average Bonchev–Trinajstić information content (AvgIpc) is 3.81. The Kier molecular flexibility index (Phi) is 28.8. The minimum Gasteiger partial charge on any atom is -0.463 e. The van der Waals surface area contributed by atoms with Gasteiger partial charge in [-0.15, -0.1) is 0 Å². The number of rotatable bonds is 33. The van der Waals surface area contributed by atoms with E-state index in [1.807, 2.05) is 0 Å². The van der Waals surface area contributed by atoms with Gasteiger partial charge in [0.05, 0.1) is 12.2 Å². The number of carbonyl (C=O) groups excluding carboxylic acids is 2. The maximum atomic E-state index is 12.0. The Balaban J connectivity index is 1.86. The highest BCUT2D eigenvalue weighted by Gasteiger charge is 2.35. The van der Waals surface area contributed by atoms with Gasteiger partial charge in [-0.25, -0.2) is 0 Å². The third-order valence-electron chi connectivity index (χ3n) is 8.71. The topological polar surface area (TPSA) is 85.4 Å². The van der Waals surface area contributed by atoms with E-state index < -0.39 is 6.10 Å². The first-order valence-electron chi connectivity index (χ1n) is 19.5. The summed E-state index contributed by atoms with van der Waals surface area (Å²) in [6.07, 6.45) is 39.5. The second-order valence-electron chi connectivity index (χ2n) is 13.9. The number of ether oxygens (including phenoxy) is 3. The van der Waals surface area contributed by atoms with Crippen molar-refractivity contribution in [1.82, 2.24) is 0 Å². The summed E-state index contributed by atoms with van der Waals surface area (Å²) in [6.45, 7) is 6.56. The molecule has 272 valence electrons. The smallest absolute Gasteiger partial charge is 0.305 e. The predicted octanol–water partition coefficient (Wildman–Crippen LogP) is 10.9. The molecule has 0 bridgehead atoms. The van der Waals surface area contributed by atoms with Crippen molar-refractivity contribution in [3.63, 3.8) is 0 Å². The van der Waals surface area contributed by atoms with E-state index in [2.05, 4.69) is 57.2 Å². The lowest BCUT2D eigenvalue weighted by molar-refractivity contribution is -0.152. The van der Waals surface area contributed by atoms with Crippen LogP contribution in [0.3, 0.4) is 0 Å². The lowest BCUT2D eigenvalue weighted by Gasteiger charge is -2.12. The molecule has 0 aromatic rings. The number of epoxide rings is 1. The molecular formula is C41H72O6. The van der Waals surface area contributed by atoms with Gasteiger partial charge in [-0.05, 0) is 57.3 Å².